The fourth-order valence-corrected chi connectivity index (χ4v) is 7.28. The van der Waals surface area contributed by atoms with Crippen molar-refractivity contribution in [3.8, 4) is 12.3 Å². The summed E-state index contributed by atoms with van der Waals surface area (Å²) in [7, 11) is 0. The highest BCUT2D eigenvalue weighted by molar-refractivity contribution is 6.33. The van der Waals surface area contributed by atoms with Crippen molar-refractivity contribution < 1.29 is 23.9 Å². The van der Waals surface area contributed by atoms with Crippen molar-refractivity contribution in [3.05, 3.63) is 58.1 Å². The van der Waals surface area contributed by atoms with Gasteiger partial charge in [-0.3, -0.25) is 10.1 Å². The molecule has 0 radical (unpaired) electrons. The normalized spacial score (nSPS) is 20.8. The van der Waals surface area contributed by atoms with Gasteiger partial charge in [0.05, 0.1) is 16.4 Å². The highest BCUT2D eigenvalue weighted by Crippen LogP contribution is 2.43. The molecule has 4 heterocycles. The Labute approximate surface area is 262 Å². The quantitative estimate of drug-likeness (QED) is 0.371. The van der Waals surface area contributed by atoms with Crippen LogP contribution in [0.15, 0.2) is 36.4 Å². The van der Waals surface area contributed by atoms with Gasteiger partial charge in [0.15, 0.2) is 6.10 Å². The van der Waals surface area contributed by atoms with Crippen molar-refractivity contribution in [2.75, 3.05) is 50.3 Å². The summed E-state index contributed by atoms with van der Waals surface area (Å²) in [5.41, 5.74) is 8.19. The standard InChI is InChI=1S/C33H38ClN5O5/c1-2-23-19-22(20-26(34)29(23)35)21-28(30(40)38-15-9-24(10-16-38)37-13-5-6-14-37)43-32(42)39-17-11-33(12-18-39)25-7-3-4-8-27(25)36-31(41)44-33/h1,3-4,7-8,19-20,24,28H,5-6,9-18,21,35H2,(H,36,41)/t28-/m1/s1. The van der Waals surface area contributed by atoms with Crippen LogP contribution in [0.25, 0.3) is 0 Å². The first-order valence-electron chi connectivity index (χ1n) is 15.4. The number of rotatable bonds is 5. The number of hydrogen-bond donors (Lipinski definition) is 2. The number of anilines is 2. The Balaban J connectivity index is 1.16. The predicted octanol–water partition coefficient (Wildman–Crippen LogP) is 4.59. The van der Waals surface area contributed by atoms with E-state index in [-0.39, 0.29) is 17.4 Å². The van der Waals surface area contributed by atoms with Crippen LogP contribution >= 0.6 is 11.6 Å². The topological polar surface area (TPSA) is 117 Å². The minimum atomic E-state index is -1.07. The van der Waals surface area contributed by atoms with Crippen LogP contribution in [0.5, 0.6) is 0 Å². The van der Waals surface area contributed by atoms with Gasteiger partial charge < -0.3 is 29.9 Å². The van der Waals surface area contributed by atoms with Crippen LogP contribution in [0.3, 0.4) is 0 Å². The average molecular weight is 620 g/mol. The number of nitrogen functional groups attached to an aromatic ring is 1. The number of carbonyl (C=O) groups is 3. The summed E-state index contributed by atoms with van der Waals surface area (Å²) in [6, 6.07) is 11.4. The maximum Gasteiger partial charge on any atom is 0.412 e. The van der Waals surface area contributed by atoms with E-state index in [0.29, 0.717) is 67.6 Å². The van der Waals surface area contributed by atoms with Crippen molar-refractivity contribution in [1.82, 2.24) is 14.7 Å². The second-order valence-corrected chi connectivity index (χ2v) is 12.5. The molecule has 232 valence electrons. The number of terminal acetylenes is 1. The van der Waals surface area contributed by atoms with Crippen LogP contribution in [0.4, 0.5) is 21.0 Å². The SMILES string of the molecule is C#Cc1cc(C[C@@H](OC(=O)N2CCC3(CC2)OC(=O)Nc2ccccc23)C(=O)N2CCC(N3CCCC3)CC2)cc(Cl)c1N. The lowest BCUT2D eigenvalue weighted by Gasteiger charge is -2.44. The molecule has 10 nitrogen and oxygen atoms in total. The predicted molar refractivity (Wildman–Crippen MR) is 167 cm³/mol. The molecule has 11 heteroatoms. The zero-order valence-electron chi connectivity index (χ0n) is 24.7. The number of para-hydroxylation sites is 1. The Morgan fingerprint density at radius 2 is 1.80 bits per heavy atom. The third kappa shape index (κ3) is 6.04. The number of hydrogen-bond acceptors (Lipinski definition) is 7. The lowest BCUT2D eigenvalue weighted by Crippen LogP contribution is -2.52. The van der Waals surface area contributed by atoms with E-state index in [9.17, 15) is 14.4 Å². The molecule has 0 saturated carbocycles. The van der Waals surface area contributed by atoms with E-state index < -0.39 is 23.9 Å². The number of nitrogens with one attached hydrogen (secondary N) is 1. The molecule has 3 N–H and O–H groups in total. The molecule has 0 aliphatic carbocycles. The Bertz CT molecular complexity index is 1470. The summed E-state index contributed by atoms with van der Waals surface area (Å²) in [5.74, 6) is 2.31. The zero-order chi connectivity index (χ0) is 30.8. The fourth-order valence-electron chi connectivity index (χ4n) is 7.04. The molecule has 1 spiro atoms. The van der Waals surface area contributed by atoms with Gasteiger partial charge in [-0.1, -0.05) is 35.7 Å². The van der Waals surface area contributed by atoms with Crippen LogP contribution in [-0.2, 0) is 26.3 Å². The van der Waals surface area contributed by atoms with E-state index in [0.717, 1.165) is 31.5 Å². The number of nitrogens with two attached hydrogens (primary N) is 1. The monoisotopic (exact) mass is 619 g/mol. The van der Waals surface area contributed by atoms with Gasteiger partial charge in [-0.25, -0.2) is 9.59 Å². The van der Waals surface area contributed by atoms with Gasteiger partial charge in [-0.15, -0.1) is 6.42 Å². The van der Waals surface area contributed by atoms with Crippen molar-refractivity contribution in [2.24, 2.45) is 0 Å². The van der Waals surface area contributed by atoms with E-state index in [1.165, 1.54) is 12.8 Å². The highest BCUT2D eigenvalue weighted by Gasteiger charge is 2.46. The molecule has 4 aliphatic heterocycles. The number of piperidine rings is 2. The Hall–Kier alpha value is -3.94. The molecule has 0 bridgehead atoms. The van der Waals surface area contributed by atoms with Gasteiger partial charge in [0.2, 0.25) is 0 Å². The Morgan fingerprint density at radius 1 is 1.09 bits per heavy atom. The van der Waals surface area contributed by atoms with Crippen LogP contribution in [0, 0.1) is 12.3 Å². The van der Waals surface area contributed by atoms with Gasteiger partial charge in [-0.05, 0) is 62.5 Å². The van der Waals surface area contributed by atoms with Crippen molar-refractivity contribution >= 4 is 41.1 Å². The second-order valence-electron chi connectivity index (χ2n) is 12.1. The molecule has 44 heavy (non-hydrogen) atoms. The lowest BCUT2D eigenvalue weighted by molar-refractivity contribution is -0.142. The van der Waals surface area contributed by atoms with Crippen LogP contribution in [0.2, 0.25) is 5.02 Å². The summed E-state index contributed by atoms with van der Waals surface area (Å²) < 4.78 is 11.8. The minimum Gasteiger partial charge on any atom is -0.438 e. The van der Waals surface area contributed by atoms with Crippen molar-refractivity contribution in [2.45, 2.75) is 62.7 Å². The van der Waals surface area contributed by atoms with E-state index in [1.54, 1.807) is 17.0 Å². The van der Waals surface area contributed by atoms with E-state index in [1.807, 2.05) is 29.2 Å². The smallest absolute Gasteiger partial charge is 0.412 e. The molecule has 2 aromatic rings. The van der Waals surface area contributed by atoms with Crippen LogP contribution < -0.4 is 11.1 Å². The summed E-state index contributed by atoms with van der Waals surface area (Å²) in [4.78, 5) is 45.7. The second kappa shape index (κ2) is 12.6. The Morgan fingerprint density at radius 3 is 2.50 bits per heavy atom. The first-order valence-corrected chi connectivity index (χ1v) is 15.8. The van der Waals surface area contributed by atoms with E-state index >= 15 is 0 Å². The highest BCUT2D eigenvalue weighted by atomic mass is 35.5. The van der Waals surface area contributed by atoms with Crippen molar-refractivity contribution in [1.29, 1.82) is 0 Å². The summed E-state index contributed by atoms with van der Waals surface area (Å²) in [5, 5.41) is 3.04. The van der Waals surface area contributed by atoms with E-state index in [2.05, 4.69) is 16.1 Å². The van der Waals surface area contributed by atoms with Crippen LogP contribution in [0.1, 0.15) is 55.2 Å². The molecule has 0 unspecified atom stereocenters. The number of likely N-dealkylation sites (tertiary alicyclic amines) is 3. The zero-order valence-corrected chi connectivity index (χ0v) is 25.5. The first-order chi connectivity index (χ1) is 21.3. The van der Waals surface area contributed by atoms with Gasteiger partial charge >= 0.3 is 12.2 Å². The molecule has 4 aliphatic rings. The Kier molecular flexibility index (Phi) is 8.61. The average Bonchev–Trinajstić information content (AvgIpc) is 3.58. The molecule has 3 saturated heterocycles. The lowest BCUT2D eigenvalue weighted by atomic mass is 9.82. The number of ether oxygens (including phenoxy) is 2. The molecular formula is C33H38ClN5O5. The van der Waals surface area contributed by atoms with Gasteiger partial charge in [-0.2, -0.15) is 0 Å². The maximum atomic E-state index is 13.9. The largest absolute Gasteiger partial charge is 0.438 e. The third-order valence-corrected chi connectivity index (χ3v) is 9.80. The number of fused-ring (bicyclic) bond motifs is 2. The number of nitrogens with zero attached hydrogens (tertiary/aromatic N) is 3. The van der Waals surface area contributed by atoms with Crippen LogP contribution in [-0.4, -0.2) is 84.2 Å². The van der Waals surface area contributed by atoms with Gasteiger partial charge in [0.1, 0.15) is 5.60 Å². The fraction of sp³-hybridized carbons (Fsp3) is 0.485. The van der Waals surface area contributed by atoms with E-state index in [4.69, 9.17) is 33.2 Å². The maximum absolute atomic E-state index is 13.9. The number of benzene rings is 2. The summed E-state index contributed by atoms with van der Waals surface area (Å²) >= 11 is 6.36. The summed E-state index contributed by atoms with van der Waals surface area (Å²) in [6.45, 7) is 4.06. The molecule has 3 fully saturated rings. The third-order valence-electron chi connectivity index (χ3n) is 9.49. The first kappa shape index (κ1) is 30.1. The molecular weight excluding hydrogens is 582 g/mol. The molecule has 2 aromatic carbocycles. The van der Waals surface area contributed by atoms with Gasteiger partial charge in [0.25, 0.3) is 5.91 Å². The number of halogens is 1. The van der Waals surface area contributed by atoms with Gasteiger partial charge in [0, 0.05) is 62.6 Å². The molecule has 1 atom stereocenters. The summed E-state index contributed by atoms with van der Waals surface area (Å²) in [6.07, 6.45) is 8.66. The number of carbonyl (C=O) groups excluding carboxylic acids is 3. The molecule has 0 aromatic heterocycles. The van der Waals surface area contributed by atoms with Crippen molar-refractivity contribution in [3.63, 3.8) is 0 Å². The molecule has 3 amide bonds. The number of amides is 3. The minimum absolute atomic E-state index is 0.111. The molecule has 6 rings (SSSR count).